The molecule has 1 aromatic rings. The molecule has 1 aliphatic heterocycles. The van der Waals surface area contributed by atoms with Gasteiger partial charge in [0.1, 0.15) is 0 Å². The van der Waals surface area contributed by atoms with Gasteiger partial charge in [-0.3, -0.25) is 4.79 Å². The van der Waals surface area contributed by atoms with Crippen molar-refractivity contribution in [2.24, 2.45) is 0 Å². The van der Waals surface area contributed by atoms with Gasteiger partial charge in [-0.2, -0.15) is 4.31 Å². The molecule has 3 rings (SSSR count). The first-order chi connectivity index (χ1) is 11.4. The maximum absolute atomic E-state index is 12.5. The van der Waals surface area contributed by atoms with Crippen LogP contribution in [0.25, 0.3) is 0 Å². The zero-order chi connectivity index (χ0) is 17.3. The third kappa shape index (κ3) is 4.17. The van der Waals surface area contributed by atoms with Crippen LogP contribution < -0.4 is 5.32 Å². The summed E-state index contributed by atoms with van der Waals surface area (Å²) in [5, 5.41) is 4.69. The van der Waals surface area contributed by atoms with E-state index >= 15 is 0 Å². The van der Waals surface area contributed by atoms with Gasteiger partial charge in [0, 0.05) is 19.6 Å². The van der Waals surface area contributed by atoms with Gasteiger partial charge < -0.3 is 10.1 Å². The second-order valence-electron chi connectivity index (χ2n) is 6.63. The Morgan fingerprint density at radius 2 is 2.00 bits per heavy atom. The molecule has 0 radical (unpaired) electrons. The Labute approximate surface area is 147 Å². The van der Waals surface area contributed by atoms with Gasteiger partial charge in [0.15, 0.2) is 0 Å². The molecule has 1 aliphatic carbocycles. The predicted molar refractivity (Wildman–Crippen MR) is 94.0 cm³/mol. The van der Waals surface area contributed by atoms with Crippen LogP contribution in [0.3, 0.4) is 0 Å². The molecule has 1 amide bonds. The van der Waals surface area contributed by atoms with Crippen LogP contribution >= 0.6 is 11.3 Å². The van der Waals surface area contributed by atoms with E-state index in [9.17, 15) is 13.2 Å². The van der Waals surface area contributed by atoms with Crippen molar-refractivity contribution in [3.05, 3.63) is 21.9 Å². The van der Waals surface area contributed by atoms with Crippen LogP contribution in [0, 0.1) is 0 Å². The average molecular weight is 373 g/mol. The minimum Gasteiger partial charge on any atom is -0.373 e. The predicted octanol–water partition coefficient (Wildman–Crippen LogP) is 1.79. The Bertz CT molecular complexity index is 687. The summed E-state index contributed by atoms with van der Waals surface area (Å²) in [5.74, 6) is 0.269. The van der Waals surface area contributed by atoms with Crippen molar-refractivity contribution in [3.8, 4) is 0 Å². The number of rotatable bonds is 6. The molecular formula is C16H24N2O4S2. The molecule has 1 aromatic heterocycles. The molecule has 0 aromatic carbocycles. The molecular weight excluding hydrogens is 348 g/mol. The maximum atomic E-state index is 12.5. The molecule has 24 heavy (non-hydrogen) atoms. The van der Waals surface area contributed by atoms with Gasteiger partial charge in [-0.25, -0.2) is 8.42 Å². The molecule has 8 heteroatoms. The number of morpholine rings is 1. The van der Waals surface area contributed by atoms with Crippen molar-refractivity contribution >= 4 is 27.3 Å². The Hall–Kier alpha value is -0.960. The van der Waals surface area contributed by atoms with Crippen molar-refractivity contribution in [2.45, 2.75) is 44.8 Å². The second-order valence-corrected chi connectivity index (χ2v) is 9.63. The van der Waals surface area contributed by atoms with E-state index in [0.717, 1.165) is 23.3 Å². The summed E-state index contributed by atoms with van der Waals surface area (Å²) in [6, 6.07) is 2.00. The summed E-state index contributed by atoms with van der Waals surface area (Å²) in [5.41, 5.74) is 1.11. The first-order valence-corrected chi connectivity index (χ1v) is 10.8. The van der Waals surface area contributed by atoms with E-state index < -0.39 is 10.0 Å². The molecule has 6 nitrogen and oxygen atoms in total. The highest BCUT2D eigenvalue weighted by Crippen LogP contribution is 2.43. The van der Waals surface area contributed by atoms with Gasteiger partial charge in [-0.1, -0.05) is 0 Å². The van der Waals surface area contributed by atoms with Crippen molar-refractivity contribution in [2.75, 3.05) is 25.4 Å². The first-order valence-electron chi connectivity index (χ1n) is 8.35. The van der Waals surface area contributed by atoms with Gasteiger partial charge in [-0.15, -0.1) is 11.3 Å². The van der Waals surface area contributed by atoms with Crippen LogP contribution in [0.4, 0.5) is 0 Å². The summed E-state index contributed by atoms with van der Waals surface area (Å²) in [6.07, 6.45) is 2.06. The zero-order valence-corrected chi connectivity index (χ0v) is 15.7. The van der Waals surface area contributed by atoms with Crippen LogP contribution in [-0.4, -0.2) is 56.2 Å². The standard InChI is InChI=1S/C16H24N2O4S2/c1-11-9-18(10-12(2)22-11)24(20,21)8-6-17-16(19)15-14(5-7-23-15)13-3-4-13/h5,7,11-13H,3-4,6,8-10H2,1-2H3,(H,17,19). The van der Waals surface area contributed by atoms with E-state index in [1.165, 1.54) is 15.6 Å². The second kappa shape index (κ2) is 7.11. The van der Waals surface area contributed by atoms with Gasteiger partial charge in [0.05, 0.1) is 22.8 Å². The highest BCUT2D eigenvalue weighted by atomic mass is 32.2. The van der Waals surface area contributed by atoms with Crippen molar-refractivity contribution in [1.82, 2.24) is 9.62 Å². The van der Waals surface area contributed by atoms with E-state index in [1.807, 2.05) is 25.3 Å². The molecule has 2 atom stereocenters. The molecule has 1 saturated heterocycles. The summed E-state index contributed by atoms with van der Waals surface area (Å²) in [4.78, 5) is 13.0. The third-order valence-electron chi connectivity index (χ3n) is 4.34. The monoisotopic (exact) mass is 372 g/mol. The number of hydrogen-bond donors (Lipinski definition) is 1. The molecule has 2 fully saturated rings. The Morgan fingerprint density at radius 1 is 1.33 bits per heavy atom. The third-order valence-corrected chi connectivity index (χ3v) is 7.08. The lowest BCUT2D eigenvalue weighted by atomic mass is 10.1. The molecule has 0 spiro atoms. The first kappa shape index (κ1) is 17.8. The number of carbonyl (C=O) groups excluding carboxylic acids is 1. The average Bonchev–Trinajstić information content (AvgIpc) is 3.23. The highest BCUT2D eigenvalue weighted by Gasteiger charge is 2.31. The fraction of sp³-hybridized carbons (Fsp3) is 0.688. The lowest BCUT2D eigenvalue weighted by Crippen LogP contribution is -2.49. The molecule has 2 aliphatic rings. The molecule has 2 heterocycles. The van der Waals surface area contributed by atoms with Gasteiger partial charge in [-0.05, 0) is 49.6 Å². The highest BCUT2D eigenvalue weighted by molar-refractivity contribution is 7.89. The van der Waals surface area contributed by atoms with Crippen molar-refractivity contribution in [1.29, 1.82) is 0 Å². The van der Waals surface area contributed by atoms with E-state index in [4.69, 9.17) is 4.74 Å². The number of nitrogens with zero attached hydrogens (tertiary/aromatic N) is 1. The van der Waals surface area contributed by atoms with Crippen LogP contribution in [-0.2, 0) is 14.8 Å². The number of sulfonamides is 1. The Morgan fingerprint density at radius 3 is 2.62 bits per heavy atom. The number of amides is 1. The fourth-order valence-electron chi connectivity index (χ4n) is 3.08. The Kier molecular flexibility index (Phi) is 5.29. The van der Waals surface area contributed by atoms with E-state index in [0.29, 0.717) is 19.0 Å². The number of ether oxygens (including phenoxy) is 1. The van der Waals surface area contributed by atoms with Crippen LogP contribution in [0.1, 0.15) is 47.8 Å². The zero-order valence-electron chi connectivity index (χ0n) is 14.0. The SMILES string of the molecule is CC1CN(S(=O)(=O)CCNC(=O)c2sccc2C2CC2)CC(C)O1. The summed E-state index contributed by atoms with van der Waals surface area (Å²) in [7, 11) is -3.39. The van der Waals surface area contributed by atoms with Gasteiger partial charge in [0.25, 0.3) is 5.91 Å². The quantitative estimate of drug-likeness (QED) is 0.826. The lowest BCUT2D eigenvalue weighted by Gasteiger charge is -2.34. The van der Waals surface area contributed by atoms with E-state index in [1.54, 1.807) is 0 Å². The van der Waals surface area contributed by atoms with Crippen molar-refractivity contribution in [3.63, 3.8) is 0 Å². The molecule has 1 N–H and O–H groups in total. The Balaban J connectivity index is 1.53. The minimum atomic E-state index is -3.39. The summed E-state index contributed by atoms with van der Waals surface area (Å²) >= 11 is 1.42. The molecule has 1 saturated carbocycles. The summed E-state index contributed by atoms with van der Waals surface area (Å²) < 4.78 is 31.9. The topological polar surface area (TPSA) is 75.7 Å². The minimum absolute atomic E-state index is 0.0810. The van der Waals surface area contributed by atoms with Crippen LogP contribution in [0.2, 0.25) is 0 Å². The van der Waals surface area contributed by atoms with E-state index in [-0.39, 0.29) is 30.4 Å². The summed E-state index contributed by atoms with van der Waals surface area (Å²) in [6.45, 7) is 4.62. The fourth-order valence-corrected chi connectivity index (χ4v) is 5.47. The lowest BCUT2D eigenvalue weighted by molar-refractivity contribution is -0.0440. The number of nitrogens with one attached hydrogen (secondary N) is 1. The van der Waals surface area contributed by atoms with Crippen LogP contribution in [0.15, 0.2) is 11.4 Å². The molecule has 134 valence electrons. The van der Waals surface area contributed by atoms with Crippen molar-refractivity contribution < 1.29 is 17.9 Å². The number of thiophene rings is 1. The number of carbonyl (C=O) groups is 1. The normalized spacial score (nSPS) is 25.6. The van der Waals surface area contributed by atoms with Gasteiger partial charge >= 0.3 is 0 Å². The largest absolute Gasteiger partial charge is 0.373 e. The smallest absolute Gasteiger partial charge is 0.261 e. The molecule has 0 bridgehead atoms. The molecule has 2 unspecified atom stereocenters. The van der Waals surface area contributed by atoms with E-state index in [2.05, 4.69) is 5.32 Å². The number of hydrogen-bond acceptors (Lipinski definition) is 5. The maximum Gasteiger partial charge on any atom is 0.261 e. The van der Waals surface area contributed by atoms with Crippen LogP contribution in [0.5, 0.6) is 0 Å². The van der Waals surface area contributed by atoms with Gasteiger partial charge in [0.2, 0.25) is 10.0 Å².